The molecule has 2 unspecified atom stereocenters. The van der Waals surface area contributed by atoms with Crippen molar-refractivity contribution in [3.63, 3.8) is 0 Å². The first-order chi connectivity index (χ1) is 23.1. The standard InChI is InChI=1S/C35H37Cl2N5O4S2/c1-35(11-12-35)48(44,45)41-33(43)20-13-24(18-5-6-18)30-28(14-20)47-34(39-30)42-22-9-10-23(42)16-21(15-22)38-17-25-31(40-46-32(25)19-7-8-19)29-26(36)3-2-4-27(29)37/h2-4,13-14,18-19,21-23,38H,5-12,15-17H2,1H3,(H,41,43). The summed E-state index contributed by atoms with van der Waals surface area (Å²) in [6.07, 6.45) is 9.71. The SMILES string of the molecule is CC1(S(=O)(=O)NC(=O)c2cc(C3CC3)c3nc(N4C5CCC4CC(NCc4c(-c6c(Cl)cccc6Cl)noc4C4CC4)C5)sc3c2)CC1. The van der Waals surface area contributed by atoms with Gasteiger partial charge in [0, 0.05) is 47.3 Å². The van der Waals surface area contributed by atoms with E-state index in [1.165, 1.54) is 0 Å². The van der Waals surface area contributed by atoms with Crippen LogP contribution in [0.5, 0.6) is 0 Å². The number of halogens is 2. The molecule has 2 N–H and O–H groups in total. The molecule has 2 aromatic carbocycles. The number of hydrogen-bond donors (Lipinski definition) is 2. The van der Waals surface area contributed by atoms with Gasteiger partial charge in [0.15, 0.2) is 5.13 Å². The average Bonchev–Trinajstić information content (AvgIpc) is 3.99. The second kappa shape index (κ2) is 11.4. The predicted octanol–water partition coefficient (Wildman–Crippen LogP) is 7.91. The number of fused-ring (bicyclic) bond motifs is 3. The molecule has 3 saturated carbocycles. The number of nitrogens with zero attached hydrogens (tertiary/aromatic N) is 3. The van der Waals surface area contributed by atoms with E-state index in [1.807, 2.05) is 30.3 Å². The first-order valence-electron chi connectivity index (χ1n) is 17.0. The summed E-state index contributed by atoms with van der Waals surface area (Å²) < 4.78 is 34.0. The molecule has 4 heterocycles. The molecule has 5 aliphatic rings. The van der Waals surface area contributed by atoms with Crippen LogP contribution in [-0.4, -0.2) is 47.3 Å². The van der Waals surface area contributed by atoms with E-state index in [2.05, 4.69) is 20.1 Å². The van der Waals surface area contributed by atoms with Crippen molar-refractivity contribution in [2.24, 2.45) is 0 Å². The summed E-state index contributed by atoms with van der Waals surface area (Å²) in [5.74, 6) is 1.16. The molecule has 1 amide bonds. The van der Waals surface area contributed by atoms with Gasteiger partial charge < -0.3 is 14.7 Å². The Morgan fingerprint density at radius 2 is 1.73 bits per heavy atom. The van der Waals surface area contributed by atoms with Gasteiger partial charge >= 0.3 is 0 Å². The third kappa shape index (κ3) is 5.44. The number of thiazole rings is 1. The summed E-state index contributed by atoms with van der Waals surface area (Å²) >= 11 is 14.8. The minimum absolute atomic E-state index is 0.331. The third-order valence-electron chi connectivity index (χ3n) is 11.1. The minimum Gasteiger partial charge on any atom is -0.360 e. The Morgan fingerprint density at radius 1 is 1.04 bits per heavy atom. The molecular weight excluding hydrogens is 689 g/mol. The van der Waals surface area contributed by atoms with Crippen molar-refractivity contribution in [3.8, 4) is 11.3 Å². The molecule has 2 aromatic heterocycles. The second-order valence-corrected chi connectivity index (χ2v) is 18.7. The molecule has 3 aliphatic carbocycles. The fourth-order valence-corrected chi connectivity index (χ4v) is 10.7. The van der Waals surface area contributed by atoms with E-state index in [1.54, 1.807) is 18.3 Å². The number of anilines is 1. The van der Waals surface area contributed by atoms with E-state index in [0.717, 1.165) is 94.9 Å². The molecule has 2 saturated heterocycles. The zero-order valence-electron chi connectivity index (χ0n) is 26.6. The van der Waals surface area contributed by atoms with Gasteiger partial charge in [-0.25, -0.2) is 18.1 Å². The summed E-state index contributed by atoms with van der Waals surface area (Å²) in [5, 5.41) is 10.5. The topological polar surface area (TPSA) is 117 Å². The lowest BCUT2D eigenvalue weighted by Gasteiger charge is -2.39. The monoisotopic (exact) mass is 725 g/mol. The van der Waals surface area contributed by atoms with Gasteiger partial charge in [-0.1, -0.05) is 45.8 Å². The van der Waals surface area contributed by atoms with Crippen LogP contribution in [0, 0.1) is 0 Å². The van der Waals surface area contributed by atoms with Gasteiger partial charge in [0.05, 0.1) is 25.0 Å². The average molecular weight is 727 g/mol. The molecule has 0 spiro atoms. The van der Waals surface area contributed by atoms with Crippen molar-refractivity contribution in [3.05, 3.63) is 62.8 Å². The maximum absolute atomic E-state index is 13.2. The largest absolute Gasteiger partial charge is 0.360 e. The number of amides is 1. The Kier molecular flexibility index (Phi) is 7.44. The van der Waals surface area contributed by atoms with Crippen LogP contribution in [0.25, 0.3) is 21.5 Å². The van der Waals surface area contributed by atoms with Gasteiger partial charge in [-0.2, -0.15) is 0 Å². The van der Waals surface area contributed by atoms with Gasteiger partial charge in [0.1, 0.15) is 11.5 Å². The molecule has 252 valence electrons. The Hall–Kier alpha value is -2.70. The number of piperidine rings is 1. The van der Waals surface area contributed by atoms with Crippen LogP contribution in [0.15, 0.2) is 34.9 Å². The van der Waals surface area contributed by atoms with Crippen molar-refractivity contribution < 1.29 is 17.7 Å². The van der Waals surface area contributed by atoms with Crippen LogP contribution in [0.1, 0.15) is 110 Å². The van der Waals surface area contributed by atoms with Crippen LogP contribution in [0.2, 0.25) is 10.0 Å². The summed E-state index contributed by atoms with van der Waals surface area (Å²) in [6.45, 7) is 2.33. The Morgan fingerprint density at radius 3 is 2.38 bits per heavy atom. The molecule has 5 fully saturated rings. The van der Waals surface area contributed by atoms with Crippen molar-refractivity contribution in [2.75, 3.05) is 4.90 Å². The molecule has 2 bridgehead atoms. The van der Waals surface area contributed by atoms with Gasteiger partial charge in [-0.3, -0.25) is 4.79 Å². The second-order valence-electron chi connectivity index (χ2n) is 14.7. The fourth-order valence-electron chi connectivity index (χ4n) is 7.72. The summed E-state index contributed by atoms with van der Waals surface area (Å²) in [6, 6.07) is 10.3. The number of carbonyl (C=O) groups is 1. The van der Waals surface area contributed by atoms with Gasteiger partial charge in [0.25, 0.3) is 5.91 Å². The molecule has 4 aromatic rings. The third-order valence-corrected chi connectivity index (χ3v) is 14.9. The fraction of sp³-hybridized carbons (Fsp3) is 0.514. The zero-order valence-corrected chi connectivity index (χ0v) is 29.7. The number of hydrogen-bond acceptors (Lipinski definition) is 9. The number of carbonyl (C=O) groups excluding carboxylic acids is 1. The predicted molar refractivity (Wildman–Crippen MR) is 189 cm³/mol. The molecular formula is C35H37Cl2N5O4S2. The first kappa shape index (κ1) is 31.3. The highest BCUT2D eigenvalue weighted by molar-refractivity contribution is 7.91. The summed E-state index contributed by atoms with van der Waals surface area (Å²) in [4.78, 5) is 20.9. The van der Waals surface area contributed by atoms with Crippen LogP contribution in [0.4, 0.5) is 5.13 Å². The molecule has 13 heteroatoms. The molecule has 9 rings (SSSR count). The van der Waals surface area contributed by atoms with Gasteiger partial charge in [-0.05, 0) is 107 Å². The minimum atomic E-state index is -3.72. The van der Waals surface area contributed by atoms with Crippen molar-refractivity contribution >= 4 is 65.8 Å². The van der Waals surface area contributed by atoms with Crippen LogP contribution in [-0.2, 0) is 16.6 Å². The quantitative estimate of drug-likeness (QED) is 0.169. The van der Waals surface area contributed by atoms with E-state index in [-0.39, 0.29) is 0 Å². The summed E-state index contributed by atoms with van der Waals surface area (Å²) in [5.41, 5.74) is 4.93. The zero-order chi connectivity index (χ0) is 32.9. The Balaban J connectivity index is 0.945. The molecule has 48 heavy (non-hydrogen) atoms. The number of sulfonamides is 1. The maximum Gasteiger partial charge on any atom is 0.264 e. The van der Waals surface area contributed by atoms with Crippen LogP contribution >= 0.6 is 34.5 Å². The lowest BCUT2D eigenvalue weighted by molar-refractivity contribution is 0.0981. The summed E-state index contributed by atoms with van der Waals surface area (Å²) in [7, 11) is -3.72. The Bertz CT molecular complexity index is 2030. The Labute approximate surface area is 293 Å². The van der Waals surface area contributed by atoms with Gasteiger partial charge in [0.2, 0.25) is 10.0 Å². The highest BCUT2D eigenvalue weighted by atomic mass is 35.5. The lowest BCUT2D eigenvalue weighted by atomic mass is 9.97. The lowest BCUT2D eigenvalue weighted by Crippen LogP contribution is -2.49. The number of aromatic nitrogens is 2. The van der Waals surface area contributed by atoms with E-state index in [4.69, 9.17) is 32.7 Å². The molecule has 2 aliphatic heterocycles. The van der Waals surface area contributed by atoms with Gasteiger partial charge in [-0.15, -0.1) is 0 Å². The normalized spacial score (nSPS) is 24.7. The highest BCUT2D eigenvalue weighted by Gasteiger charge is 2.51. The molecule has 2 atom stereocenters. The van der Waals surface area contributed by atoms with Crippen LogP contribution < -0.4 is 14.9 Å². The highest BCUT2D eigenvalue weighted by Crippen LogP contribution is 2.49. The maximum atomic E-state index is 13.2. The van der Waals surface area contributed by atoms with Crippen molar-refractivity contribution in [1.29, 1.82) is 0 Å². The van der Waals surface area contributed by atoms with Crippen molar-refractivity contribution in [1.82, 2.24) is 20.2 Å². The first-order valence-corrected chi connectivity index (χ1v) is 20.1. The van der Waals surface area contributed by atoms with Crippen LogP contribution in [0.3, 0.4) is 0 Å². The number of nitrogens with one attached hydrogen (secondary N) is 2. The van der Waals surface area contributed by atoms with E-state index in [9.17, 15) is 13.2 Å². The number of benzene rings is 2. The number of rotatable bonds is 10. The van der Waals surface area contributed by atoms with Crippen molar-refractivity contribution in [2.45, 2.75) is 112 Å². The van der Waals surface area contributed by atoms with E-state index in [0.29, 0.717) is 65.0 Å². The van der Waals surface area contributed by atoms with E-state index >= 15 is 0 Å². The molecule has 9 nitrogen and oxygen atoms in total. The van der Waals surface area contributed by atoms with E-state index < -0.39 is 20.7 Å². The molecule has 0 radical (unpaired) electrons. The smallest absolute Gasteiger partial charge is 0.264 e.